The highest BCUT2D eigenvalue weighted by atomic mass is 15.1. The van der Waals surface area contributed by atoms with Gasteiger partial charge in [-0.3, -0.25) is 0 Å². The number of nitrogens with zero attached hydrogens (tertiary/aromatic N) is 2. The van der Waals surface area contributed by atoms with Crippen LogP contribution in [0.3, 0.4) is 0 Å². The van der Waals surface area contributed by atoms with Crippen LogP contribution >= 0.6 is 0 Å². The van der Waals surface area contributed by atoms with Crippen LogP contribution in [0.25, 0.3) is 0 Å². The Hall–Kier alpha value is -0.830. The number of rotatable bonds is 4. The van der Waals surface area contributed by atoms with Crippen LogP contribution in [-0.2, 0) is 0 Å². The van der Waals surface area contributed by atoms with Crippen LogP contribution in [0.4, 0.5) is 0 Å². The topological polar surface area (TPSA) is 43.8 Å². The van der Waals surface area contributed by atoms with E-state index in [0.29, 0.717) is 12.0 Å². The van der Waals surface area contributed by atoms with Crippen molar-refractivity contribution < 1.29 is 0 Å². The Bertz CT molecular complexity index is 278. The van der Waals surface area contributed by atoms with E-state index in [0.717, 1.165) is 12.2 Å². The second-order valence-corrected chi connectivity index (χ2v) is 4.16. The molecule has 0 saturated heterocycles. The summed E-state index contributed by atoms with van der Waals surface area (Å²) in [5.74, 6) is 1.58. The Labute approximate surface area is 86.3 Å². The van der Waals surface area contributed by atoms with Crippen molar-refractivity contribution in [3.63, 3.8) is 0 Å². The van der Waals surface area contributed by atoms with Crippen molar-refractivity contribution in [3.8, 4) is 0 Å². The highest BCUT2D eigenvalue weighted by Crippen LogP contribution is 2.19. The van der Waals surface area contributed by atoms with Gasteiger partial charge in [-0.05, 0) is 13.3 Å². The lowest BCUT2D eigenvalue weighted by atomic mass is 10.1. The Morgan fingerprint density at radius 1 is 1.43 bits per heavy atom. The van der Waals surface area contributed by atoms with Crippen molar-refractivity contribution in [1.29, 1.82) is 0 Å². The third-order valence-electron chi connectivity index (χ3n) is 2.74. The van der Waals surface area contributed by atoms with E-state index in [-0.39, 0.29) is 6.04 Å². The van der Waals surface area contributed by atoms with E-state index in [1.54, 1.807) is 0 Å². The number of hydrogen-bond donors (Lipinski definition) is 1. The van der Waals surface area contributed by atoms with Crippen LogP contribution in [0.15, 0.2) is 12.4 Å². The maximum atomic E-state index is 6.03. The van der Waals surface area contributed by atoms with Gasteiger partial charge in [0.2, 0.25) is 0 Å². The zero-order valence-corrected chi connectivity index (χ0v) is 9.57. The smallest absolute Gasteiger partial charge is 0.111 e. The van der Waals surface area contributed by atoms with Crippen LogP contribution < -0.4 is 5.73 Å². The maximum absolute atomic E-state index is 6.03. The van der Waals surface area contributed by atoms with E-state index < -0.39 is 0 Å². The van der Waals surface area contributed by atoms with Gasteiger partial charge in [0.05, 0.1) is 0 Å². The van der Waals surface area contributed by atoms with E-state index in [1.807, 2.05) is 12.4 Å². The van der Waals surface area contributed by atoms with Crippen LogP contribution in [-0.4, -0.2) is 15.6 Å². The molecule has 0 radical (unpaired) electrons. The van der Waals surface area contributed by atoms with Gasteiger partial charge in [-0.15, -0.1) is 0 Å². The minimum atomic E-state index is 0.210. The van der Waals surface area contributed by atoms with Gasteiger partial charge >= 0.3 is 0 Å². The number of nitrogens with two attached hydrogens (primary N) is 1. The molecule has 2 N–H and O–H groups in total. The van der Waals surface area contributed by atoms with Crippen molar-refractivity contribution in [2.75, 3.05) is 0 Å². The molecule has 2 atom stereocenters. The molecule has 1 rings (SSSR count). The van der Waals surface area contributed by atoms with Gasteiger partial charge in [0.1, 0.15) is 5.82 Å². The molecular weight excluding hydrogens is 174 g/mol. The van der Waals surface area contributed by atoms with Crippen LogP contribution in [0.1, 0.15) is 51.9 Å². The fourth-order valence-electron chi connectivity index (χ4n) is 1.66. The molecule has 2 unspecified atom stereocenters. The highest BCUT2D eigenvalue weighted by Gasteiger charge is 2.16. The molecule has 1 aromatic rings. The first kappa shape index (κ1) is 11.2. The molecule has 3 heteroatoms. The molecule has 1 heterocycles. The molecule has 0 aliphatic heterocycles. The van der Waals surface area contributed by atoms with Crippen molar-refractivity contribution >= 4 is 0 Å². The zero-order chi connectivity index (χ0) is 10.7. The summed E-state index contributed by atoms with van der Waals surface area (Å²) in [6, 6.07) is 0.543. The van der Waals surface area contributed by atoms with E-state index >= 15 is 0 Å². The third kappa shape index (κ3) is 2.15. The molecule has 80 valence electrons. The summed E-state index contributed by atoms with van der Waals surface area (Å²) >= 11 is 0. The minimum Gasteiger partial charge on any atom is -0.330 e. The lowest BCUT2D eigenvalue weighted by Crippen LogP contribution is -2.30. The lowest BCUT2D eigenvalue weighted by molar-refractivity contribution is 0.414. The Morgan fingerprint density at radius 2 is 2.07 bits per heavy atom. The average molecular weight is 195 g/mol. The standard InChI is InChI=1S/C11H21N3/c1-5-10(12)9(4)14-7-6-13-11(14)8(2)3/h6-10H,5,12H2,1-4H3. The first-order valence-electron chi connectivity index (χ1n) is 5.36. The van der Waals surface area contributed by atoms with Gasteiger partial charge < -0.3 is 10.3 Å². The summed E-state index contributed by atoms with van der Waals surface area (Å²) in [4.78, 5) is 4.36. The normalized spacial score (nSPS) is 15.9. The largest absolute Gasteiger partial charge is 0.330 e. The molecular formula is C11H21N3. The summed E-state index contributed by atoms with van der Waals surface area (Å²) < 4.78 is 2.19. The van der Waals surface area contributed by atoms with Gasteiger partial charge in [0.15, 0.2) is 0 Å². The van der Waals surface area contributed by atoms with Crippen LogP contribution in [0.5, 0.6) is 0 Å². The van der Waals surface area contributed by atoms with Gasteiger partial charge in [0.25, 0.3) is 0 Å². The summed E-state index contributed by atoms with van der Waals surface area (Å²) in [5, 5.41) is 0. The molecule has 1 aromatic heterocycles. The summed E-state index contributed by atoms with van der Waals surface area (Å²) in [7, 11) is 0. The molecule has 0 saturated carbocycles. The van der Waals surface area contributed by atoms with E-state index in [4.69, 9.17) is 5.73 Å². The van der Waals surface area contributed by atoms with E-state index in [1.165, 1.54) is 0 Å². The lowest BCUT2D eigenvalue weighted by Gasteiger charge is -2.23. The molecule has 0 bridgehead atoms. The second kappa shape index (κ2) is 4.60. The van der Waals surface area contributed by atoms with E-state index in [9.17, 15) is 0 Å². The Morgan fingerprint density at radius 3 is 2.57 bits per heavy atom. The molecule has 0 aliphatic rings. The number of hydrogen-bond acceptors (Lipinski definition) is 2. The van der Waals surface area contributed by atoms with Crippen LogP contribution in [0.2, 0.25) is 0 Å². The molecule has 0 spiro atoms. The predicted molar refractivity (Wildman–Crippen MR) is 59.3 cm³/mol. The van der Waals surface area contributed by atoms with Gasteiger partial charge in [-0.1, -0.05) is 20.8 Å². The van der Waals surface area contributed by atoms with Crippen LogP contribution in [0, 0.1) is 0 Å². The second-order valence-electron chi connectivity index (χ2n) is 4.16. The quantitative estimate of drug-likeness (QED) is 0.801. The molecule has 3 nitrogen and oxygen atoms in total. The summed E-state index contributed by atoms with van der Waals surface area (Å²) in [5.41, 5.74) is 6.03. The molecule has 14 heavy (non-hydrogen) atoms. The summed E-state index contributed by atoms with van der Waals surface area (Å²) in [6.45, 7) is 8.58. The van der Waals surface area contributed by atoms with E-state index in [2.05, 4.69) is 37.2 Å². The Kier molecular flexibility index (Phi) is 3.69. The first-order valence-corrected chi connectivity index (χ1v) is 5.36. The SMILES string of the molecule is CCC(N)C(C)n1ccnc1C(C)C. The van der Waals surface area contributed by atoms with Gasteiger partial charge in [-0.25, -0.2) is 4.98 Å². The fraction of sp³-hybridized carbons (Fsp3) is 0.727. The van der Waals surface area contributed by atoms with Gasteiger partial charge in [-0.2, -0.15) is 0 Å². The fourth-order valence-corrected chi connectivity index (χ4v) is 1.66. The van der Waals surface area contributed by atoms with Crippen molar-refractivity contribution in [2.24, 2.45) is 5.73 Å². The zero-order valence-electron chi connectivity index (χ0n) is 9.57. The Balaban J connectivity index is 2.89. The molecule has 0 aliphatic carbocycles. The highest BCUT2D eigenvalue weighted by molar-refractivity contribution is 5.00. The molecule has 0 fully saturated rings. The maximum Gasteiger partial charge on any atom is 0.111 e. The average Bonchev–Trinajstić information content (AvgIpc) is 2.63. The minimum absolute atomic E-state index is 0.210. The number of aromatic nitrogens is 2. The third-order valence-corrected chi connectivity index (χ3v) is 2.74. The van der Waals surface area contributed by atoms with Crippen molar-refractivity contribution in [1.82, 2.24) is 9.55 Å². The van der Waals surface area contributed by atoms with Crippen molar-refractivity contribution in [2.45, 2.75) is 52.1 Å². The predicted octanol–water partition coefficient (Wildman–Crippen LogP) is 2.30. The monoisotopic (exact) mass is 195 g/mol. The number of imidazole rings is 1. The van der Waals surface area contributed by atoms with Crippen molar-refractivity contribution in [3.05, 3.63) is 18.2 Å². The molecule has 0 aromatic carbocycles. The molecule has 0 amide bonds. The first-order chi connectivity index (χ1) is 6.57. The summed E-state index contributed by atoms with van der Waals surface area (Å²) in [6.07, 6.45) is 4.88. The van der Waals surface area contributed by atoms with Gasteiger partial charge in [0, 0.05) is 30.4 Å².